The fourth-order valence-corrected chi connectivity index (χ4v) is 6.41. The molecule has 0 unspecified atom stereocenters. The molecule has 1 aromatic heterocycles. The van der Waals surface area contributed by atoms with Crippen molar-refractivity contribution < 1.29 is 23.9 Å². The van der Waals surface area contributed by atoms with Gasteiger partial charge in [0.05, 0.1) is 24.5 Å². The first-order chi connectivity index (χ1) is 19.0. The maximum atomic E-state index is 13.8. The third kappa shape index (κ3) is 6.80. The van der Waals surface area contributed by atoms with E-state index in [9.17, 15) is 14.4 Å². The third-order valence-electron chi connectivity index (χ3n) is 6.70. The number of ether oxygens (including phenoxy) is 2. The van der Waals surface area contributed by atoms with Crippen LogP contribution in [0.4, 0.5) is 5.95 Å². The standard InChI is InChI=1S/C29H32Br2N4O5/c1-4-39-24(36)11-17-8-9-23-21(10-17)25(34-28(32)33-23)26(37)35-15-19-7-5-6-18(22(19)16-35)12-29(2,3)40-27(38)20(13-30)14-31/h5-10,20H,4,11-16H2,1-3H3,(H2,32,33,34). The van der Waals surface area contributed by atoms with E-state index in [0.29, 0.717) is 53.2 Å². The number of hydrogen-bond donors (Lipinski definition) is 1. The number of esters is 2. The van der Waals surface area contributed by atoms with Gasteiger partial charge in [-0.1, -0.05) is 56.1 Å². The van der Waals surface area contributed by atoms with Crippen LogP contribution in [0, 0.1) is 5.92 Å². The Kier molecular flexibility index (Phi) is 9.45. The summed E-state index contributed by atoms with van der Waals surface area (Å²) >= 11 is 6.73. The maximum Gasteiger partial charge on any atom is 0.311 e. The minimum Gasteiger partial charge on any atom is -0.466 e. The van der Waals surface area contributed by atoms with Crippen LogP contribution in [0.1, 0.15) is 53.5 Å². The zero-order valence-corrected chi connectivity index (χ0v) is 25.9. The summed E-state index contributed by atoms with van der Waals surface area (Å²) in [7, 11) is 0. The molecule has 2 heterocycles. The topological polar surface area (TPSA) is 125 Å². The van der Waals surface area contributed by atoms with Crippen LogP contribution >= 0.6 is 31.9 Å². The van der Waals surface area contributed by atoms with Crippen LogP contribution in [-0.2, 0) is 45.0 Å². The number of carbonyl (C=O) groups is 3. The highest BCUT2D eigenvalue weighted by Gasteiger charge is 2.32. The van der Waals surface area contributed by atoms with Gasteiger partial charge < -0.3 is 20.1 Å². The number of amides is 1. The van der Waals surface area contributed by atoms with Gasteiger partial charge in [0.2, 0.25) is 5.95 Å². The molecule has 9 nitrogen and oxygen atoms in total. The number of carbonyl (C=O) groups excluding carboxylic acids is 3. The molecule has 0 bridgehead atoms. The number of halogens is 2. The zero-order valence-electron chi connectivity index (χ0n) is 22.7. The van der Waals surface area contributed by atoms with Crippen molar-refractivity contribution in [3.05, 3.63) is 64.3 Å². The minimum atomic E-state index is -0.737. The molecule has 0 aliphatic carbocycles. The number of aromatic nitrogens is 2. The minimum absolute atomic E-state index is 0.000205. The van der Waals surface area contributed by atoms with Gasteiger partial charge in [0, 0.05) is 35.6 Å². The smallest absolute Gasteiger partial charge is 0.311 e. The maximum absolute atomic E-state index is 13.8. The van der Waals surface area contributed by atoms with Crippen molar-refractivity contribution in [3.63, 3.8) is 0 Å². The van der Waals surface area contributed by atoms with Crippen LogP contribution < -0.4 is 5.73 Å². The Morgan fingerprint density at radius 2 is 1.85 bits per heavy atom. The number of alkyl halides is 2. The Hall–Kier alpha value is -3.05. The number of nitrogens with two attached hydrogens (primary N) is 1. The summed E-state index contributed by atoms with van der Waals surface area (Å²) < 4.78 is 10.9. The molecule has 1 aliphatic rings. The second kappa shape index (κ2) is 12.6. The van der Waals surface area contributed by atoms with Crippen LogP contribution in [0.3, 0.4) is 0 Å². The molecule has 11 heteroatoms. The van der Waals surface area contributed by atoms with E-state index >= 15 is 0 Å². The number of nitrogen functional groups attached to an aromatic ring is 1. The second-order valence-corrected chi connectivity index (χ2v) is 11.6. The van der Waals surface area contributed by atoms with Gasteiger partial charge in [-0.15, -0.1) is 0 Å². The van der Waals surface area contributed by atoms with Crippen molar-refractivity contribution >= 4 is 66.6 Å². The van der Waals surface area contributed by atoms with Gasteiger partial charge in [0.1, 0.15) is 11.3 Å². The van der Waals surface area contributed by atoms with Crippen LogP contribution in [0.25, 0.3) is 10.9 Å². The van der Waals surface area contributed by atoms with Gasteiger partial charge in [-0.05, 0) is 55.2 Å². The average Bonchev–Trinajstić information content (AvgIpc) is 3.34. The van der Waals surface area contributed by atoms with E-state index in [1.54, 1.807) is 30.0 Å². The number of hydrogen-bond acceptors (Lipinski definition) is 8. The van der Waals surface area contributed by atoms with Crippen molar-refractivity contribution in [2.45, 2.75) is 52.3 Å². The lowest BCUT2D eigenvalue weighted by atomic mass is 9.93. The number of fused-ring (bicyclic) bond motifs is 2. The molecule has 1 aliphatic heterocycles. The highest BCUT2D eigenvalue weighted by molar-refractivity contribution is 9.09. The summed E-state index contributed by atoms with van der Waals surface area (Å²) in [5.74, 6) is -1.17. The molecular formula is C29H32Br2N4O5. The fourth-order valence-electron chi connectivity index (χ4n) is 4.81. The lowest BCUT2D eigenvalue weighted by molar-refractivity contribution is -0.159. The van der Waals surface area contributed by atoms with E-state index in [2.05, 4.69) is 41.8 Å². The fraction of sp³-hybridized carbons (Fsp3) is 0.414. The molecule has 40 heavy (non-hydrogen) atoms. The van der Waals surface area contributed by atoms with E-state index in [-0.39, 0.29) is 41.8 Å². The normalized spacial score (nSPS) is 13.0. The van der Waals surface area contributed by atoms with Gasteiger partial charge in [-0.25, -0.2) is 9.97 Å². The zero-order chi connectivity index (χ0) is 29.0. The van der Waals surface area contributed by atoms with Crippen LogP contribution in [0.15, 0.2) is 36.4 Å². The highest BCUT2D eigenvalue weighted by atomic mass is 79.9. The Morgan fingerprint density at radius 1 is 1.10 bits per heavy atom. The molecule has 0 radical (unpaired) electrons. The van der Waals surface area contributed by atoms with Crippen molar-refractivity contribution in [2.75, 3.05) is 23.0 Å². The summed E-state index contributed by atoms with van der Waals surface area (Å²) in [5.41, 5.74) is 9.71. The molecule has 0 atom stereocenters. The van der Waals surface area contributed by atoms with E-state index in [1.807, 2.05) is 32.0 Å². The molecule has 0 saturated carbocycles. The molecule has 0 saturated heterocycles. The van der Waals surface area contributed by atoms with E-state index < -0.39 is 5.60 Å². The van der Waals surface area contributed by atoms with Crippen LogP contribution in [0.5, 0.6) is 0 Å². The Labute approximate surface area is 250 Å². The Bertz CT molecular complexity index is 1440. The molecule has 1 amide bonds. The summed E-state index contributed by atoms with van der Waals surface area (Å²) in [6.07, 6.45) is 0.578. The van der Waals surface area contributed by atoms with Gasteiger partial charge in [-0.3, -0.25) is 14.4 Å². The second-order valence-electron chi connectivity index (χ2n) is 10.3. The van der Waals surface area contributed by atoms with Crippen LogP contribution in [-0.4, -0.2) is 55.6 Å². The van der Waals surface area contributed by atoms with E-state index in [0.717, 1.165) is 16.7 Å². The average molecular weight is 676 g/mol. The monoisotopic (exact) mass is 674 g/mol. The lowest BCUT2D eigenvalue weighted by Gasteiger charge is -2.28. The third-order valence-corrected chi connectivity index (χ3v) is 8.26. The largest absolute Gasteiger partial charge is 0.466 e. The van der Waals surface area contributed by atoms with Crippen molar-refractivity contribution in [3.8, 4) is 0 Å². The first-order valence-electron chi connectivity index (χ1n) is 13.0. The summed E-state index contributed by atoms with van der Waals surface area (Å²) in [4.78, 5) is 48.8. The Balaban J connectivity index is 1.57. The predicted octanol–water partition coefficient (Wildman–Crippen LogP) is 4.74. The first kappa shape index (κ1) is 29.9. The Morgan fingerprint density at radius 3 is 2.55 bits per heavy atom. The van der Waals surface area contributed by atoms with Gasteiger partial charge in [0.15, 0.2) is 0 Å². The summed E-state index contributed by atoms with van der Waals surface area (Å²) in [5, 5.41) is 1.55. The molecule has 2 N–H and O–H groups in total. The summed E-state index contributed by atoms with van der Waals surface area (Å²) in [6.45, 7) is 6.63. The van der Waals surface area contributed by atoms with Crippen molar-refractivity contribution in [1.29, 1.82) is 0 Å². The first-order valence-corrected chi connectivity index (χ1v) is 15.2. The predicted molar refractivity (Wildman–Crippen MR) is 159 cm³/mol. The number of anilines is 1. The molecule has 4 rings (SSSR count). The molecule has 0 spiro atoms. The number of benzene rings is 2. The molecular weight excluding hydrogens is 644 g/mol. The van der Waals surface area contributed by atoms with Crippen molar-refractivity contribution in [2.24, 2.45) is 5.92 Å². The molecule has 212 valence electrons. The lowest BCUT2D eigenvalue weighted by Crippen LogP contribution is -2.35. The number of rotatable bonds is 10. The highest BCUT2D eigenvalue weighted by Crippen LogP contribution is 2.32. The van der Waals surface area contributed by atoms with E-state index in [4.69, 9.17) is 15.2 Å². The molecule has 3 aromatic rings. The van der Waals surface area contributed by atoms with Gasteiger partial charge in [0.25, 0.3) is 5.91 Å². The number of nitrogens with zero attached hydrogens (tertiary/aromatic N) is 3. The SMILES string of the molecule is CCOC(=O)Cc1ccc2nc(N)nc(C(=O)N3Cc4cccc(CC(C)(C)OC(=O)C(CBr)CBr)c4C3)c2c1. The van der Waals surface area contributed by atoms with Gasteiger partial charge in [-0.2, -0.15) is 0 Å². The summed E-state index contributed by atoms with van der Waals surface area (Å²) in [6, 6.07) is 11.2. The molecule has 0 fully saturated rings. The molecule has 2 aromatic carbocycles. The van der Waals surface area contributed by atoms with Gasteiger partial charge >= 0.3 is 11.9 Å². The quantitative estimate of drug-likeness (QED) is 0.241. The van der Waals surface area contributed by atoms with Crippen LogP contribution in [0.2, 0.25) is 0 Å². The van der Waals surface area contributed by atoms with E-state index in [1.165, 1.54) is 0 Å². The van der Waals surface area contributed by atoms with Crippen molar-refractivity contribution in [1.82, 2.24) is 14.9 Å².